The fourth-order valence-corrected chi connectivity index (χ4v) is 2.21. The van der Waals surface area contributed by atoms with Crippen molar-refractivity contribution < 1.29 is 0 Å². The SMILES string of the molecule is CCCc1ccc(-c2cnc(CCCNC)[nH]2)cc1. The normalized spacial score (nSPS) is 10.8. The first-order chi connectivity index (χ1) is 9.33. The Labute approximate surface area is 115 Å². The lowest BCUT2D eigenvalue weighted by molar-refractivity contribution is 0.707. The molecule has 0 saturated carbocycles. The molecular weight excluding hydrogens is 234 g/mol. The maximum absolute atomic E-state index is 4.44. The molecule has 19 heavy (non-hydrogen) atoms. The van der Waals surface area contributed by atoms with E-state index < -0.39 is 0 Å². The Bertz CT molecular complexity index is 485. The Morgan fingerprint density at radius 3 is 2.63 bits per heavy atom. The van der Waals surface area contributed by atoms with Crippen LogP contribution >= 0.6 is 0 Å². The van der Waals surface area contributed by atoms with E-state index in [0.29, 0.717) is 0 Å². The van der Waals surface area contributed by atoms with Gasteiger partial charge in [0.05, 0.1) is 11.9 Å². The van der Waals surface area contributed by atoms with Gasteiger partial charge >= 0.3 is 0 Å². The van der Waals surface area contributed by atoms with Crippen LogP contribution in [0.3, 0.4) is 0 Å². The summed E-state index contributed by atoms with van der Waals surface area (Å²) in [5.74, 6) is 1.07. The molecule has 0 saturated heterocycles. The van der Waals surface area contributed by atoms with Crippen molar-refractivity contribution in [3.8, 4) is 11.3 Å². The smallest absolute Gasteiger partial charge is 0.106 e. The highest BCUT2D eigenvalue weighted by Crippen LogP contribution is 2.18. The monoisotopic (exact) mass is 257 g/mol. The van der Waals surface area contributed by atoms with E-state index in [1.165, 1.54) is 17.5 Å². The molecule has 3 heteroatoms. The molecule has 102 valence electrons. The highest BCUT2D eigenvalue weighted by atomic mass is 14.9. The van der Waals surface area contributed by atoms with Crippen molar-refractivity contribution in [2.45, 2.75) is 32.6 Å². The zero-order chi connectivity index (χ0) is 13.5. The third kappa shape index (κ3) is 3.93. The maximum atomic E-state index is 4.44. The topological polar surface area (TPSA) is 40.7 Å². The summed E-state index contributed by atoms with van der Waals surface area (Å²) in [6.45, 7) is 3.24. The van der Waals surface area contributed by atoms with Gasteiger partial charge in [-0.2, -0.15) is 0 Å². The van der Waals surface area contributed by atoms with Crippen molar-refractivity contribution in [2.75, 3.05) is 13.6 Å². The van der Waals surface area contributed by atoms with Gasteiger partial charge in [-0.1, -0.05) is 37.6 Å². The number of aromatic nitrogens is 2. The van der Waals surface area contributed by atoms with Gasteiger partial charge in [-0.3, -0.25) is 0 Å². The van der Waals surface area contributed by atoms with E-state index in [-0.39, 0.29) is 0 Å². The molecule has 0 unspecified atom stereocenters. The van der Waals surface area contributed by atoms with Crippen LogP contribution in [0.25, 0.3) is 11.3 Å². The Morgan fingerprint density at radius 1 is 1.16 bits per heavy atom. The molecule has 0 aliphatic rings. The first-order valence-electron chi connectivity index (χ1n) is 7.11. The second kappa shape index (κ2) is 7.10. The molecular formula is C16H23N3. The first kappa shape index (κ1) is 13.8. The van der Waals surface area contributed by atoms with Crippen LogP contribution in [0, 0.1) is 0 Å². The van der Waals surface area contributed by atoms with Gasteiger partial charge in [0.1, 0.15) is 5.82 Å². The van der Waals surface area contributed by atoms with E-state index in [0.717, 1.165) is 37.3 Å². The highest BCUT2D eigenvalue weighted by Gasteiger charge is 2.03. The maximum Gasteiger partial charge on any atom is 0.106 e. The van der Waals surface area contributed by atoms with Crippen LogP contribution in [0.2, 0.25) is 0 Å². The number of imidazole rings is 1. The van der Waals surface area contributed by atoms with Crippen molar-refractivity contribution in [1.82, 2.24) is 15.3 Å². The quantitative estimate of drug-likeness (QED) is 0.748. The lowest BCUT2D eigenvalue weighted by Crippen LogP contribution is -2.08. The minimum atomic E-state index is 0.995. The summed E-state index contributed by atoms with van der Waals surface area (Å²) in [5.41, 5.74) is 3.73. The fraction of sp³-hybridized carbons (Fsp3) is 0.438. The molecule has 3 nitrogen and oxygen atoms in total. The number of aromatic amines is 1. The van der Waals surface area contributed by atoms with Gasteiger partial charge in [-0.15, -0.1) is 0 Å². The summed E-state index contributed by atoms with van der Waals surface area (Å²) < 4.78 is 0. The molecule has 0 fully saturated rings. The van der Waals surface area contributed by atoms with Crippen LogP contribution in [0.1, 0.15) is 31.2 Å². The Hall–Kier alpha value is -1.61. The van der Waals surface area contributed by atoms with Crippen LogP contribution in [0.5, 0.6) is 0 Å². The molecule has 2 rings (SSSR count). The molecule has 2 aromatic rings. The molecule has 1 heterocycles. The predicted molar refractivity (Wildman–Crippen MR) is 80.3 cm³/mol. The molecule has 0 aliphatic carbocycles. The van der Waals surface area contributed by atoms with Crippen LogP contribution in [-0.4, -0.2) is 23.6 Å². The molecule has 0 bridgehead atoms. The molecule has 2 N–H and O–H groups in total. The number of nitrogens with one attached hydrogen (secondary N) is 2. The summed E-state index contributed by atoms with van der Waals surface area (Å²) in [4.78, 5) is 7.84. The fourth-order valence-electron chi connectivity index (χ4n) is 2.21. The van der Waals surface area contributed by atoms with Crippen molar-refractivity contribution >= 4 is 0 Å². The third-order valence-corrected chi connectivity index (χ3v) is 3.27. The predicted octanol–water partition coefficient (Wildman–Crippen LogP) is 3.18. The summed E-state index contributed by atoms with van der Waals surface area (Å²) in [6.07, 6.45) is 6.38. The summed E-state index contributed by atoms with van der Waals surface area (Å²) >= 11 is 0. The van der Waals surface area contributed by atoms with E-state index in [1.807, 2.05) is 13.2 Å². The number of rotatable bonds is 7. The Kier molecular flexibility index (Phi) is 5.16. The standard InChI is InChI=1S/C16H23N3/c1-3-5-13-7-9-14(10-8-13)15-12-18-16(19-15)6-4-11-17-2/h7-10,12,17H,3-6,11H2,1-2H3,(H,18,19). The molecule has 0 spiro atoms. The van der Waals surface area contributed by atoms with E-state index in [4.69, 9.17) is 0 Å². The van der Waals surface area contributed by atoms with E-state index in [1.54, 1.807) is 0 Å². The lowest BCUT2D eigenvalue weighted by Gasteiger charge is -2.01. The molecule has 0 amide bonds. The number of hydrogen-bond acceptors (Lipinski definition) is 2. The van der Waals surface area contributed by atoms with Gasteiger partial charge in [0.2, 0.25) is 0 Å². The van der Waals surface area contributed by atoms with Gasteiger partial charge in [0, 0.05) is 6.42 Å². The summed E-state index contributed by atoms with van der Waals surface area (Å²) in [6, 6.07) is 8.77. The molecule has 0 aliphatic heterocycles. The largest absolute Gasteiger partial charge is 0.342 e. The second-order valence-electron chi connectivity index (χ2n) is 4.90. The number of H-pyrrole nitrogens is 1. The molecule has 0 radical (unpaired) electrons. The van der Waals surface area contributed by atoms with Crippen LogP contribution in [-0.2, 0) is 12.8 Å². The molecule has 1 aromatic heterocycles. The van der Waals surface area contributed by atoms with Crippen LogP contribution in [0.15, 0.2) is 30.5 Å². The van der Waals surface area contributed by atoms with E-state index >= 15 is 0 Å². The van der Waals surface area contributed by atoms with Gasteiger partial charge in [-0.05, 0) is 37.6 Å². The van der Waals surface area contributed by atoms with Crippen LogP contribution in [0.4, 0.5) is 0 Å². The van der Waals surface area contributed by atoms with E-state index in [9.17, 15) is 0 Å². The van der Waals surface area contributed by atoms with Crippen molar-refractivity contribution in [3.63, 3.8) is 0 Å². The van der Waals surface area contributed by atoms with E-state index in [2.05, 4.69) is 46.5 Å². The lowest BCUT2D eigenvalue weighted by atomic mass is 10.1. The van der Waals surface area contributed by atoms with Crippen molar-refractivity contribution in [3.05, 3.63) is 41.9 Å². The highest BCUT2D eigenvalue weighted by molar-refractivity contribution is 5.58. The summed E-state index contributed by atoms with van der Waals surface area (Å²) in [5, 5.41) is 3.15. The first-order valence-corrected chi connectivity index (χ1v) is 7.11. The molecule has 1 aromatic carbocycles. The number of benzene rings is 1. The minimum Gasteiger partial charge on any atom is -0.342 e. The van der Waals surface area contributed by atoms with Gasteiger partial charge in [0.15, 0.2) is 0 Å². The van der Waals surface area contributed by atoms with Crippen molar-refractivity contribution in [2.24, 2.45) is 0 Å². The zero-order valence-corrected chi connectivity index (χ0v) is 11.9. The Morgan fingerprint density at radius 2 is 1.95 bits per heavy atom. The molecule has 0 atom stereocenters. The summed E-state index contributed by atoms with van der Waals surface area (Å²) in [7, 11) is 1.98. The van der Waals surface area contributed by atoms with Gasteiger partial charge in [-0.25, -0.2) is 4.98 Å². The average molecular weight is 257 g/mol. The number of hydrogen-bond donors (Lipinski definition) is 2. The minimum absolute atomic E-state index is 0.995. The number of nitrogens with zero attached hydrogens (tertiary/aromatic N) is 1. The Balaban J connectivity index is 2.01. The van der Waals surface area contributed by atoms with Crippen LogP contribution < -0.4 is 5.32 Å². The van der Waals surface area contributed by atoms with Gasteiger partial charge in [0.25, 0.3) is 0 Å². The second-order valence-corrected chi connectivity index (χ2v) is 4.90. The van der Waals surface area contributed by atoms with Crippen molar-refractivity contribution in [1.29, 1.82) is 0 Å². The number of aryl methyl sites for hydroxylation is 2. The zero-order valence-electron chi connectivity index (χ0n) is 11.9. The third-order valence-electron chi connectivity index (χ3n) is 3.27. The average Bonchev–Trinajstić information content (AvgIpc) is 2.89. The van der Waals surface area contributed by atoms with Gasteiger partial charge < -0.3 is 10.3 Å².